The molecule has 3 heteroatoms. The molecular weight excluding hydrogens is 779 g/mol. The number of nitrogens with zero attached hydrogens (tertiary/aromatic N) is 1. The highest BCUT2D eigenvalue weighted by Crippen LogP contribution is 2.63. The zero-order chi connectivity index (χ0) is 41.9. The van der Waals surface area contributed by atoms with Gasteiger partial charge < -0.3 is 13.7 Å². The predicted molar refractivity (Wildman–Crippen MR) is 263 cm³/mol. The fourth-order valence-corrected chi connectivity index (χ4v) is 11.2. The third-order valence-electron chi connectivity index (χ3n) is 13.9. The highest BCUT2D eigenvalue weighted by Gasteiger charge is 2.51. The molecule has 2 heterocycles. The van der Waals surface area contributed by atoms with Gasteiger partial charge in [-0.25, -0.2) is 0 Å². The minimum atomic E-state index is -0.501. The Labute approximate surface area is 369 Å². The van der Waals surface area contributed by atoms with Crippen LogP contribution < -0.4 is 4.90 Å². The zero-order valence-electron chi connectivity index (χ0n) is 34.6. The molecule has 64 heavy (non-hydrogen) atoms. The quantitative estimate of drug-likeness (QED) is 0.173. The number of hydrogen-bond acceptors (Lipinski definition) is 3. The van der Waals surface area contributed by atoms with Gasteiger partial charge >= 0.3 is 0 Å². The Balaban J connectivity index is 1.09. The third-order valence-corrected chi connectivity index (χ3v) is 13.9. The molecule has 0 N–H and O–H groups in total. The molecular formula is C61H37NO2. The molecule has 0 bridgehead atoms. The molecule has 10 aromatic carbocycles. The largest absolute Gasteiger partial charge is 0.456 e. The summed E-state index contributed by atoms with van der Waals surface area (Å²) in [5.74, 6) is 0. The van der Waals surface area contributed by atoms with Gasteiger partial charge in [-0.15, -0.1) is 0 Å². The Hall–Kier alpha value is -8.40. The first-order valence-corrected chi connectivity index (χ1v) is 22.0. The molecule has 0 aliphatic heterocycles. The number of benzene rings is 10. The summed E-state index contributed by atoms with van der Waals surface area (Å²) in [4.78, 5) is 2.46. The predicted octanol–water partition coefficient (Wildman–Crippen LogP) is 16.6. The molecule has 12 aromatic rings. The fraction of sp³-hybridized carbons (Fsp3) is 0.0164. The molecule has 2 aromatic heterocycles. The lowest BCUT2D eigenvalue weighted by atomic mass is 9.70. The van der Waals surface area contributed by atoms with Crippen LogP contribution in [-0.2, 0) is 5.41 Å². The van der Waals surface area contributed by atoms with Crippen molar-refractivity contribution in [3.63, 3.8) is 0 Å². The molecule has 2 aliphatic carbocycles. The Kier molecular flexibility index (Phi) is 7.32. The number of rotatable bonds is 5. The van der Waals surface area contributed by atoms with E-state index in [0.717, 1.165) is 83.2 Å². The van der Waals surface area contributed by atoms with E-state index in [1.165, 1.54) is 44.5 Å². The highest BCUT2D eigenvalue weighted by molar-refractivity contribution is 6.18. The van der Waals surface area contributed by atoms with E-state index in [1.807, 2.05) is 0 Å². The van der Waals surface area contributed by atoms with Crippen LogP contribution in [-0.4, -0.2) is 0 Å². The maximum absolute atomic E-state index is 6.74. The van der Waals surface area contributed by atoms with Crippen molar-refractivity contribution in [2.24, 2.45) is 0 Å². The average Bonchev–Trinajstić information content (AvgIpc) is 4.10. The van der Waals surface area contributed by atoms with Crippen LogP contribution in [0.5, 0.6) is 0 Å². The van der Waals surface area contributed by atoms with Crippen LogP contribution in [0.3, 0.4) is 0 Å². The second-order valence-corrected chi connectivity index (χ2v) is 17.1. The fourth-order valence-electron chi connectivity index (χ4n) is 11.2. The van der Waals surface area contributed by atoms with E-state index in [9.17, 15) is 0 Å². The third kappa shape index (κ3) is 4.81. The molecule has 298 valence electrons. The van der Waals surface area contributed by atoms with E-state index in [1.54, 1.807) is 0 Å². The number of hydrogen-bond donors (Lipinski definition) is 0. The van der Waals surface area contributed by atoms with E-state index < -0.39 is 5.41 Å². The normalized spacial score (nSPS) is 13.1. The van der Waals surface area contributed by atoms with Crippen LogP contribution in [0.4, 0.5) is 17.1 Å². The van der Waals surface area contributed by atoms with E-state index in [2.05, 4.69) is 229 Å². The van der Waals surface area contributed by atoms with Crippen molar-refractivity contribution in [3.05, 3.63) is 247 Å². The van der Waals surface area contributed by atoms with Crippen molar-refractivity contribution in [1.82, 2.24) is 0 Å². The molecule has 0 radical (unpaired) electrons. The Morgan fingerprint density at radius 3 is 1.22 bits per heavy atom. The first kappa shape index (κ1) is 35.2. The maximum atomic E-state index is 6.74. The molecule has 0 saturated heterocycles. The number of fused-ring (bicyclic) bond motifs is 16. The van der Waals surface area contributed by atoms with Gasteiger partial charge in [0.25, 0.3) is 0 Å². The summed E-state index contributed by atoms with van der Waals surface area (Å²) in [5, 5.41) is 4.24. The monoisotopic (exact) mass is 815 g/mol. The SMILES string of the molecule is c1ccc(-c2ccc3oc4cccc(N(c5ccc6c(c5)C5(c7ccccc7-c7ccccc75)c5ccccc5-6)c5cccc6oc7ccc(-c8ccccc8)cc7c56)c4c3c2)cc1. The van der Waals surface area contributed by atoms with Crippen molar-refractivity contribution >= 4 is 60.9 Å². The number of anilines is 3. The van der Waals surface area contributed by atoms with E-state index in [-0.39, 0.29) is 0 Å². The highest BCUT2D eigenvalue weighted by atomic mass is 16.3. The van der Waals surface area contributed by atoms with Crippen molar-refractivity contribution in [2.75, 3.05) is 4.90 Å². The van der Waals surface area contributed by atoms with E-state index in [0.29, 0.717) is 0 Å². The van der Waals surface area contributed by atoms with E-state index in [4.69, 9.17) is 8.83 Å². The molecule has 1 spiro atoms. The van der Waals surface area contributed by atoms with Gasteiger partial charge in [-0.3, -0.25) is 0 Å². The second-order valence-electron chi connectivity index (χ2n) is 17.1. The van der Waals surface area contributed by atoms with Crippen LogP contribution in [0.1, 0.15) is 22.3 Å². The first-order valence-electron chi connectivity index (χ1n) is 22.0. The van der Waals surface area contributed by atoms with Gasteiger partial charge in [-0.1, -0.05) is 164 Å². The zero-order valence-corrected chi connectivity index (χ0v) is 34.6. The average molecular weight is 816 g/mol. The van der Waals surface area contributed by atoms with Crippen LogP contribution in [0, 0.1) is 0 Å². The van der Waals surface area contributed by atoms with Gasteiger partial charge in [0.05, 0.1) is 27.6 Å². The standard InChI is InChI=1S/C61H37NO2/c1-3-15-38(16-4-1)40-29-33-55-47(35-40)59-53(25-13-27-57(59)63-55)62(54-26-14-28-58-60(54)48-36-41(30-34-56(48)64-58)39-17-5-2-6-18-39)42-31-32-46-45-21-9-12-24-51(45)61(52(46)37-42)49-22-10-7-19-43(49)44-20-8-11-23-50(44)61/h1-37H. The summed E-state index contributed by atoms with van der Waals surface area (Å²) in [5.41, 5.74) is 20.9. The lowest BCUT2D eigenvalue weighted by molar-refractivity contribution is 0.669. The number of furan rings is 2. The molecule has 0 fully saturated rings. The van der Waals surface area contributed by atoms with Crippen LogP contribution in [0.15, 0.2) is 233 Å². The van der Waals surface area contributed by atoms with Gasteiger partial charge in [-0.05, 0) is 127 Å². The molecule has 0 saturated carbocycles. The van der Waals surface area contributed by atoms with Gasteiger partial charge in [0.15, 0.2) is 0 Å². The van der Waals surface area contributed by atoms with Gasteiger partial charge in [-0.2, -0.15) is 0 Å². The topological polar surface area (TPSA) is 29.5 Å². The smallest absolute Gasteiger partial charge is 0.137 e. The summed E-state index contributed by atoms with van der Waals surface area (Å²) in [6, 6.07) is 81.5. The summed E-state index contributed by atoms with van der Waals surface area (Å²) in [6.07, 6.45) is 0. The van der Waals surface area contributed by atoms with Crippen LogP contribution >= 0.6 is 0 Å². The minimum absolute atomic E-state index is 0.501. The minimum Gasteiger partial charge on any atom is -0.456 e. The van der Waals surface area contributed by atoms with Crippen molar-refractivity contribution < 1.29 is 8.83 Å². The summed E-state index contributed by atoms with van der Waals surface area (Å²) in [6.45, 7) is 0. The van der Waals surface area contributed by atoms with Gasteiger partial charge in [0, 0.05) is 16.5 Å². The maximum Gasteiger partial charge on any atom is 0.137 e. The molecule has 3 nitrogen and oxygen atoms in total. The molecule has 14 rings (SSSR count). The van der Waals surface area contributed by atoms with Gasteiger partial charge in [0.1, 0.15) is 22.3 Å². The molecule has 2 aliphatic rings. The summed E-state index contributed by atoms with van der Waals surface area (Å²) in [7, 11) is 0. The van der Waals surface area contributed by atoms with Gasteiger partial charge in [0.2, 0.25) is 0 Å². The van der Waals surface area contributed by atoms with Crippen molar-refractivity contribution in [3.8, 4) is 44.5 Å². The van der Waals surface area contributed by atoms with Crippen molar-refractivity contribution in [2.45, 2.75) is 5.41 Å². The van der Waals surface area contributed by atoms with Crippen LogP contribution in [0.25, 0.3) is 88.4 Å². The molecule has 0 amide bonds. The van der Waals surface area contributed by atoms with Crippen molar-refractivity contribution in [1.29, 1.82) is 0 Å². The molecule has 0 unspecified atom stereocenters. The molecule has 0 atom stereocenters. The Morgan fingerprint density at radius 1 is 0.297 bits per heavy atom. The van der Waals surface area contributed by atoms with Crippen LogP contribution in [0.2, 0.25) is 0 Å². The Morgan fingerprint density at radius 2 is 0.734 bits per heavy atom. The first-order chi connectivity index (χ1) is 31.7. The Bertz CT molecular complexity index is 3640. The second kappa shape index (κ2) is 13.3. The summed E-state index contributed by atoms with van der Waals surface area (Å²) < 4.78 is 13.5. The summed E-state index contributed by atoms with van der Waals surface area (Å²) >= 11 is 0. The lowest BCUT2D eigenvalue weighted by Crippen LogP contribution is -2.26. The lowest BCUT2D eigenvalue weighted by Gasteiger charge is -2.32. The van der Waals surface area contributed by atoms with E-state index >= 15 is 0 Å².